The summed E-state index contributed by atoms with van der Waals surface area (Å²) in [6, 6.07) is 14.7. The van der Waals surface area contributed by atoms with E-state index in [1.54, 1.807) is 13.3 Å². The molecule has 1 unspecified atom stereocenters. The predicted octanol–water partition coefficient (Wildman–Crippen LogP) is 2.98. The summed E-state index contributed by atoms with van der Waals surface area (Å²) in [5, 5.41) is 3.50. The molecule has 0 saturated heterocycles. The van der Waals surface area contributed by atoms with Crippen LogP contribution in [-0.2, 0) is 6.42 Å². The third-order valence-electron chi connectivity index (χ3n) is 3.10. The molecular weight excluding hydrogens is 236 g/mol. The molecule has 1 N–H and O–H groups in total. The Morgan fingerprint density at radius 3 is 2.63 bits per heavy atom. The van der Waals surface area contributed by atoms with Crippen LogP contribution in [0.25, 0.3) is 0 Å². The van der Waals surface area contributed by atoms with Gasteiger partial charge in [0.05, 0.1) is 7.11 Å². The molecule has 3 heteroatoms. The van der Waals surface area contributed by atoms with Gasteiger partial charge in [0, 0.05) is 17.8 Å². The summed E-state index contributed by atoms with van der Waals surface area (Å²) in [6.45, 7) is 3.02. The van der Waals surface area contributed by atoms with E-state index in [4.69, 9.17) is 4.74 Å². The van der Waals surface area contributed by atoms with Crippen LogP contribution in [0.2, 0.25) is 0 Å². The number of methoxy groups -OCH3 is 1. The topological polar surface area (TPSA) is 34.2 Å². The molecule has 0 radical (unpaired) electrons. The number of aromatic nitrogens is 1. The Morgan fingerprint density at radius 2 is 1.95 bits per heavy atom. The Labute approximate surface area is 114 Å². The van der Waals surface area contributed by atoms with Crippen molar-refractivity contribution in [2.75, 3.05) is 13.7 Å². The van der Waals surface area contributed by atoms with E-state index in [0.29, 0.717) is 5.88 Å². The van der Waals surface area contributed by atoms with Crippen LogP contribution in [0.5, 0.6) is 5.88 Å². The van der Waals surface area contributed by atoms with Crippen LogP contribution >= 0.6 is 0 Å². The molecule has 0 spiro atoms. The van der Waals surface area contributed by atoms with Gasteiger partial charge in [-0.1, -0.05) is 43.3 Å². The first-order valence-electron chi connectivity index (χ1n) is 6.61. The molecule has 2 rings (SSSR count). The van der Waals surface area contributed by atoms with E-state index in [1.165, 1.54) is 5.56 Å². The highest BCUT2D eigenvalue weighted by molar-refractivity contribution is 5.31. The summed E-state index contributed by atoms with van der Waals surface area (Å²) in [5.74, 6) is 0.699. The van der Waals surface area contributed by atoms with Gasteiger partial charge in [-0.25, -0.2) is 4.98 Å². The van der Waals surface area contributed by atoms with Crippen molar-refractivity contribution < 1.29 is 4.74 Å². The van der Waals surface area contributed by atoms with Crippen molar-refractivity contribution >= 4 is 0 Å². The first-order chi connectivity index (χ1) is 9.35. The Bertz CT molecular complexity index is 499. The third-order valence-corrected chi connectivity index (χ3v) is 3.10. The average molecular weight is 256 g/mol. The van der Waals surface area contributed by atoms with E-state index in [-0.39, 0.29) is 6.04 Å². The van der Waals surface area contributed by atoms with E-state index in [9.17, 15) is 0 Å². The van der Waals surface area contributed by atoms with Gasteiger partial charge in [0.2, 0.25) is 5.88 Å². The molecule has 0 bridgehead atoms. The molecule has 1 aromatic carbocycles. The summed E-state index contributed by atoms with van der Waals surface area (Å²) in [4.78, 5) is 4.28. The van der Waals surface area contributed by atoms with E-state index < -0.39 is 0 Å². The number of nitrogens with one attached hydrogen (secondary N) is 1. The third kappa shape index (κ3) is 3.55. The van der Waals surface area contributed by atoms with Crippen LogP contribution in [0.3, 0.4) is 0 Å². The number of likely N-dealkylation sites (N-methyl/N-ethyl adjacent to an activating group) is 1. The van der Waals surface area contributed by atoms with Crippen molar-refractivity contribution in [3.8, 4) is 5.88 Å². The van der Waals surface area contributed by atoms with Crippen molar-refractivity contribution in [1.29, 1.82) is 0 Å². The number of benzene rings is 1. The van der Waals surface area contributed by atoms with Crippen LogP contribution in [0.1, 0.15) is 24.1 Å². The molecule has 0 fully saturated rings. The molecule has 0 saturated carbocycles. The van der Waals surface area contributed by atoms with Gasteiger partial charge >= 0.3 is 0 Å². The summed E-state index contributed by atoms with van der Waals surface area (Å²) in [5.41, 5.74) is 2.41. The quantitative estimate of drug-likeness (QED) is 0.862. The zero-order valence-corrected chi connectivity index (χ0v) is 11.5. The average Bonchev–Trinajstić information content (AvgIpc) is 2.48. The number of ether oxygens (including phenoxy) is 1. The molecule has 0 amide bonds. The smallest absolute Gasteiger partial charge is 0.217 e. The molecule has 1 heterocycles. The van der Waals surface area contributed by atoms with E-state index in [1.807, 2.05) is 12.1 Å². The largest absolute Gasteiger partial charge is 0.481 e. The van der Waals surface area contributed by atoms with Gasteiger partial charge < -0.3 is 10.1 Å². The van der Waals surface area contributed by atoms with Crippen molar-refractivity contribution in [2.24, 2.45) is 0 Å². The van der Waals surface area contributed by atoms with Crippen molar-refractivity contribution in [2.45, 2.75) is 19.4 Å². The maximum atomic E-state index is 5.36. The molecular formula is C16H20N2O. The fourth-order valence-electron chi connectivity index (χ4n) is 2.23. The van der Waals surface area contributed by atoms with Gasteiger partial charge in [0.25, 0.3) is 0 Å². The highest BCUT2D eigenvalue weighted by Gasteiger charge is 2.16. The molecule has 0 aliphatic rings. The molecule has 3 nitrogen and oxygen atoms in total. The van der Waals surface area contributed by atoms with Gasteiger partial charge in [-0.2, -0.15) is 0 Å². The number of nitrogens with zero attached hydrogens (tertiary/aromatic N) is 1. The van der Waals surface area contributed by atoms with Crippen molar-refractivity contribution in [3.05, 3.63) is 59.8 Å². The molecule has 1 aromatic heterocycles. The van der Waals surface area contributed by atoms with E-state index >= 15 is 0 Å². The fourth-order valence-corrected chi connectivity index (χ4v) is 2.23. The molecule has 100 valence electrons. The standard InChI is InChI=1S/C16H20N2O/c1-3-17-15(12-13-8-5-4-6-9-13)14-10-7-11-18-16(14)19-2/h4-11,15,17H,3,12H2,1-2H3. The molecule has 19 heavy (non-hydrogen) atoms. The second kappa shape index (κ2) is 6.90. The number of pyridine rings is 1. The molecule has 2 aromatic rings. The Balaban J connectivity index is 2.24. The Kier molecular flexibility index (Phi) is 4.93. The second-order valence-corrected chi connectivity index (χ2v) is 4.40. The predicted molar refractivity (Wildman–Crippen MR) is 77.4 cm³/mol. The van der Waals surface area contributed by atoms with Crippen molar-refractivity contribution in [3.63, 3.8) is 0 Å². The summed E-state index contributed by atoms with van der Waals surface area (Å²) in [6.07, 6.45) is 2.69. The minimum absolute atomic E-state index is 0.219. The Morgan fingerprint density at radius 1 is 1.16 bits per heavy atom. The van der Waals surface area contributed by atoms with Gasteiger partial charge in [0.1, 0.15) is 0 Å². The maximum Gasteiger partial charge on any atom is 0.217 e. The second-order valence-electron chi connectivity index (χ2n) is 4.40. The summed E-state index contributed by atoms with van der Waals surface area (Å²) in [7, 11) is 1.66. The molecule has 0 aliphatic carbocycles. The Hall–Kier alpha value is -1.87. The van der Waals surface area contributed by atoms with Gasteiger partial charge in [-0.3, -0.25) is 0 Å². The minimum Gasteiger partial charge on any atom is -0.481 e. The zero-order valence-electron chi connectivity index (χ0n) is 11.5. The summed E-state index contributed by atoms with van der Waals surface area (Å²) >= 11 is 0. The highest BCUT2D eigenvalue weighted by atomic mass is 16.5. The zero-order chi connectivity index (χ0) is 13.5. The first-order valence-corrected chi connectivity index (χ1v) is 6.61. The minimum atomic E-state index is 0.219. The van der Waals surface area contributed by atoms with Gasteiger partial charge in [0.15, 0.2) is 0 Å². The lowest BCUT2D eigenvalue weighted by atomic mass is 9.99. The van der Waals surface area contributed by atoms with Crippen LogP contribution < -0.4 is 10.1 Å². The monoisotopic (exact) mass is 256 g/mol. The van der Waals surface area contributed by atoms with Crippen LogP contribution in [0.15, 0.2) is 48.7 Å². The van der Waals surface area contributed by atoms with E-state index in [2.05, 4.69) is 47.6 Å². The maximum absolute atomic E-state index is 5.36. The first kappa shape index (κ1) is 13.6. The summed E-state index contributed by atoms with van der Waals surface area (Å²) < 4.78 is 5.36. The molecule has 1 atom stereocenters. The SMILES string of the molecule is CCNC(Cc1ccccc1)c1cccnc1OC. The fraction of sp³-hybridized carbons (Fsp3) is 0.312. The van der Waals surface area contributed by atoms with E-state index in [0.717, 1.165) is 18.5 Å². The highest BCUT2D eigenvalue weighted by Crippen LogP contribution is 2.25. The van der Waals surface area contributed by atoms with Crippen LogP contribution in [0, 0.1) is 0 Å². The molecule has 0 aliphatic heterocycles. The lowest BCUT2D eigenvalue weighted by Crippen LogP contribution is -2.23. The normalized spacial score (nSPS) is 12.1. The number of hydrogen-bond donors (Lipinski definition) is 1. The lowest BCUT2D eigenvalue weighted by Gasteiger charge is -2.20. The van der Waals surface area contributed by atoms with Gasteiger partial charge in [-0.15, -0.1) is 0 Å². The van der Waals surface area contributed by atoms with Gasteiger partial charge in [-0.05, 0) is 24.6 Å². The lowest BCUT2D eigenvalue weighted by molar-refractivity contribution is 0.382. The van der Waals surface area contributed by atoms with Crippen LogP contribution in [-0.4, -0.2) is 18.6 Å². The van der Waals surface area contributed by atoms with Crippen LogP contribution in [0.4, 0.5) is 0 Å². The number of hydrogen-bond acceptors (Lipinski definition) is 3. The number of rotatable bonds is 6. The van der Waals surface area contributed by atoms with Crippen molar-refractivity contribution in [1.82, 2.24) is 10.3 Å².